The molecular weight excluding hydrogens is 296 g/mol. The fraction of sp³-hybridized carbons (Fsp3) is 0.294. The molecule has 0 bridgehead atoms. The van der Waals surface area contributed by atoms with E-state index in [2.05, 4.69) is 5.32 Å². The zero-order valence-corrected chi connectivity index (χ0v) is 12.7. The van der Waals surface area contributed by atoms with Crippen molar-refractivity contribution in [2.75, 3.05) is 19.8 Å². The first-order chi connectivity index (χ1) is 11.2. The second kappa shape index (κ2) is 7.00. The summed E-state index contributed by atoms with van der Waals surface area (Å²) in [5.41, 5.74) is 0.876. The van der Waals surface area contributed by atoms with Gasteiger partial charge in [0, 0.05) is 18.8 Å². The van der Waals surface area contributed by atoms with Crippen LogP contribution in [-0.4, -0.2) is 30.2 Å². The first-order valence-corrected chi connectivity index (χ1v) is 7.53. The average molecular weight is 314 g/mol. The van der Waals surface area contributed by atoms with Crippen LogP contribution in [0.1, 0.15) is 5.56 Å². The number of fused-ring (bicyclic) bond motifs is 1. The maximum atomic E-state index is 11.9. The number of nitrogens with zero attached hydrogens (tertiary/aromatic N) is 1. The van der Waals surface area contributed by atoms with Gasteiger partial charge in [-0.15, -0.1) is 0 Å². The molecule has 0 fully saturated rings. The Labute approximate surface area is 133 Å². The number of pyridine rings is 1. The summed E-state index contributed by atoms with van der Waals surface area (Å²) in [6.45, 7) is 1.65. The Bertz CT molecular complexity index is 754. The lowest BCUT2D eigenvalue weighted by Crippen LogP contribution is -2.32. The number of hydrogen-bond acceptors (Lipinski definition) is 4. The highest BCUT2D eigenvalue weighted by Gasteiger charge is 2.11. The minimum atomic E-state index is -0.186. The molecule has 0 unspecified atom stereocenters. The molecule has 1 aliphatic heterocycles. The van der Waals surface area contributed by atoms with Gasteiger partial charge in [0.25, 0.3) is 5.56 Å². The smallest absolute Gasteiger partial charge is 0.250 e. The van der Waals surface area contributed by atoms with Crippen molar-refractivity contribution < 1.29 is 14.3 Å². The van der Waals surface area contributed by atoms with Gasteiger partial charge in [-0.25, -0.2) is 0 Å². The maximum absolute atomic E-state index is 11.9. The van der Waals surface area contributed by atoms with Crippen LogP contribution in [-0.2, 0) is 17.8 Å². The molecule has 1 aliphatic rings. The van der Waals surface area contributed by atoms with Crippen molar-refractivity contribution in [1.29, 1.82) is 0 Å². The summed E-state index contributed by atoms with van der Waals surface area (Å²) in [5, 5.41) is 2.82. The second-order valence-corrected chi connectivity index (χ2v) is 5.24. The molecule has 2 heterocycles. The standard InChI is InChI=1S/C17H18N2O4/c20-16(12-19-8-2-1-3-17(19)21)18-7-6-13-4-5-14-15(11-13)23-10-9-22-14/h1-5,8,11H,6-7,9-10,12H2,(H,18,20). The molecule has 2 aromatic rings. The summed E-state index contributed by atoms with van der Waals surface area (Å²) in [6.07, 6.45) is 2.29. The van der Waals surface area contributed by atoms with E-state index in [-0.39, 0.29) is 18.0 Å². The molecule has 3 rings (SSSR count). The Kier molecular flexibility index (Phi) is 4.61. The van der Waals surface area contributed by atoms with Gasteiger partial charge in [-0.2, -0.15) is 0 Å². The van der Waals surface area contributed by atoms with Crippen molar-refractivity contribution in [3.8, 4) is 11.5 Å². The van der Waals surface area contributed by atoms with Crippen LogP contribution < -0.4 is 20.3 Å². The van der Waals surface area contributed by atoms with Crippen LogP contribution in [0.3, 0.4) is 0 Å². The van der Waals surface area contributed by atoms with Crippen LogP contribution >= 0.6 is 0 Å². The monoisotopic (exact) mass is 314 g/mol. The van der Waals surface area contributed by atoms with Gasteiger partial charge in [-0.3, -0.25) is 9.59 Å². The van der Waals surface area contributed by atoms with Crippen LogP contribution in [0.2, 0.25) is 0 Å². The van der Waals surface area contributed by atoms with Crippen LogP contribution in [0, 0.1) is 0 Å². The Morgan fingerprint density at radius 2 is 1.96 bits per heavy atom. The molecule has 23 heavy (non-hydrogen) atoms. The Morgan fingerprint density at radius 1 is 1.13 bits per heavy atom. The third-order valence-corrected chi connectivity index (χ3v) is 3.56. The molecule has 0 saturated heterocycles. The number of ether oxygens (including phenoxy) is 2. The molecule has 0 atom stereocenters. The van der Waals surface area contributed by atoms with E-state index >= 15 is 0 Å². The number of nitrogens with one attached hydrogen (secondary N) is 1. The van der Waals surface area contributed by atoms with Crippen LogP contribution in [0.5, 0.6) is 11.5 Å². The topological polar surface area (TPSA) is 69.6 Å². The minimum Gasteiger partial charge on any atom is -0.486 e. The molecule has 0 aliphatic carbocycles. The summed E-state index contributed by atoms with van der Waals surface area (Å²) in [6, 6.07) is 10.6. The van der Waals surface area contributed by atoms with Crippen molar-refractivity contribution >= 4 is 5.91 Å². The lowest BCUT2D eigenvalue weighted by molar-refractivity contribution is -0.121. The third kappa shape index (κ3) is 3.91. The van der Waals surface area contributed by atoms with E-state index in [1.807, 2.05) is 18.2 Å². The zero-order valence-electron chi connectivity index (χ0n) is 12.7. The van der Waals surface area contributed by atoms with E-state index < -0.39 is 0 Å². The average Bonchev–Trinajstić information content (AvgIpc) is 2.57. The molecule has 1 N–H and O–H groups in total. The molecule has 1 aromatic heterocycles. The zero-order chi connectivity index (χ0) is 16.1. The number of hydrogen-bond donors (Lipinski definition) is 1. The number of rotatable bonds is 5. The highest BCUT2D eigenvalue weighted by atomic mass is 16.6. The minimum absolute atomic E-state index is 0.0286. The van der Waals surface area contributed by atoms with Gasteiger partial charge in [-0.1, -0.05) is 12.1 Å². The van der Waals surface area contributed by atoms with Gasteiger partial charge in [0.1, 0.15) is 19.8 Å². The maximum Gasteiger partial charge on any atom is 0.250 e. The first kappa shape index (κ1) is 15.1. The fourth-order valence-corrected chi connectivity index (χ4v) is 2.39. The summed E-state index contributed by atoms with van der Waals surface area (Å²) in [7, 11) is 0. The molecule has 1 aromatic carbocycles. The number of carbonyl (C=O) groups excluding carboxylic acids is 1. The Morgan fingerprint density at radius 3 is 2.78 bits per heavy atom. The summed E-state index contributed by atoms with van der Waals surface area (Å²) in [5.74, 6) is 1.32. The predicted molar refractivity (Wildman–Crippen MR) is 84.8 cm³/mol. The normalized spacial score (nSPS) is 12.7. The largest absolute Gasteiger partial charge is 0.486 e. The lowest BCUT2D eigenvalue weighted by atomic mass is 10.1. The molecule has 6 nitrogen and oxygen atoms in total. The van der Waals surface area contributed by atoms with E-state index in [1.54, 1.807) is 18.3 Å². The third-order valence-electron chi connectivity index (χ3n) is 3.56. The quantitative estimate of drug-likeness (QED) is 0.893. The number of amides is 1. The molecule has 0 saturated carbocycles. The Balaban J connectivity index is 1.50. The highest BCUT2D eigenvalue weighted by Crippen LogP contribution is 2.30. The number of benzene rings is 1. The van der Waals surface area contributed by atoms with Gasteiger partial charge in [0.2, 0.25) is 5.91 Å². The number of carbonyl (C=O) groups is 1. The molecular formula is C17H18N2O4. The summed E-state index contributed by atoms with van der Waals surface area (Å²) >= 11 is 0. The Hall–Kier alpha value is -2.76. The van der Waals surface area contributed by atoms with Crippen molar-refractivity contribution in [3.05, 3.63) is 58.5 Å². The molecule has 0 radical (unpaired) electrons. The van der Waals surface area contributed by atoms with E-state index in [0.29, 0.717) is 26.2 Å². The van der Waals surface area contributed by atoms with Gasteiger partial charge in [-0.05, 0) is 30.2 Å². The molecule has 0 spiro atoms. The fourth-order valence-electron chi connectivity index (χ4n) is 2.39. The summed E-state index contributed by atoms with van der Waals surface area (Å²) < 4.78 is 12.4. The number of aromatic nitrogens is 1. The van der Waals surface area contributed by atoms with E-state index in [1.165, 1.54) is 10.6 Å². The highest BCUT2D eigenvalue weighted by molar-refractivity contribution is 5.75. The molecule has 120 valence electrons. The van der Waals surface area contributed by atoms with Crippen molar-refractivity contribution in [2.24, 2.45) is 0 Å². The van der Waals surface area contributed by atoms with Gasteiger partial charge < -0.3 is 19.4 Å². The van der Waals surface area contributed by atoms with Crippen molar-refractivity contribution in [1.82, 2.24) is 9.88 Å². The van der Waals surface area contributed by atoms with E-state index in [0.717, 1.165) is 17.1 Å². The predicted octanol–water partition coefficient (Wildman–Crippen LogP) is 0.978. The van der Waals surface area contributed by atoms with Crippen LogP contribution in [0.25, 0.3) is 0 Å². The second-order valence-electron chi connectivity index (χ2n) is 5.24. The van der Waals surface area contributed by atoms with Gasteiger partial charge >= 0.3 is 0 Å². The van der Waals surface area contributed by atoms with Gasteiger partial charge in [0.05, 0.1) is 0 Å². The van der Waals surface area contributed by atoms with Crippen LogP contribution in [0.15, 0.2) is 47.4 Å². The van der Waals surface area contributed by atoms with Crippen molar-refractivity contribution in [2.45, 2.75) is 13.0 Å². The first-order valence-electron chi connectivity index (χ1n) is 7.53. The van der Waals surface area contributed by atoms with E-state index in [9.17, 15) is 9.59 Å². The van der Waals surface area contributed by atoms with Gasteiger partial charge in [0.15, 0.2) is 11.5 Å². The van der Waals surface area contributed by atoms with E-state index in [4.69, 9.17) is 9.47 Å². The lowest BCUT2D eigenvalue weighted by Gasteiger charge is -2.18. The summed E-state index contributed by atoms with van der Waals surface area (Å²) in [4.78, 5) is 23.4. The molecule has 1 amide bonds. The van der Waals surface area contributed by atoms with Crippen LogP contribution in [0.4, 0.5) is 0 Å². The molecule has 6 heteroatoms. The SMILES string of the molecule is O=C(Cn1ccccc1=O)NCCc1ccc2c(c1)OCCO2. The van der Waals surface area contributed by atoms with Crippen molar-refractivity contribution in [3.63, 3.8) is 0 Å².